The van der Waals surface area contributed by atoms with Gasteiger partial charge in [0.2, 0.25) is 0 Å². The molecule has 1 aromatic rings. The van der Waals surface area contributed by atoms with Crippen molar-refractivity contribution in [2.45, 2.75) is 0 Å². The number of nitrogens with one attached hydrogen (secondary N) is 1. The fourth-order valence-corrected chi connectivity index (χ4v) is 0.715. The second-order valence-corrected chi connectivity index (χ2v) is 2.87. The van der Waals surface area contributed by atoms with Crippen molar-refractivity contribution in [2.24, 2.45) is 0 Å². The van der Waals surface area contributed by atoms with E-state index in [0.29, 0.717) is 0 Å². The van der Waals surface area contributed by atoms with E-state index < -0.39 is 29.0 Å². The van der Waals surface area contributed by atoms with Crippen LogP contribution in [0.4, 0.5) is 0 Å². The molecule has 17 heavy (non-hydrogen) atoms. The van der Waals surface area contributed by atoms with E-state index in [4.69, 9.17) is 43.4 Å². The fraction of sp³-hybridized carbons (Fsp3) is 0. The van der Waals surface area contributed by atoms with Crippen LogP contribution < -0.4 is 17.1 Å². The van der Waals surface area contributed by atoms with Crippen molar-refractivity contribution in [3.63, 3.8) is 0 Å². The first kappa shape index (κ1) is 14.9. The van der Waals surface area contributed by atoms with Gasteiger partial charge in [-0.05, 0) is 0 Å². The zero-order valence-corrected chi connectivity index (χ0v) is 9.10. The molecule has 0 saturated carbocycles. The predicted molar refractivity (Wildman–Crippen MR) is 53.4 cm³/mol. The molecule has 0 aliphatic carbocycles. The van der Waals surface area contributed by atoms with Crippen LogP contribution in [-0.4, -0.2) is 35.3 Å². The van der Waals surface area contributed by atoms with Crippen molar-refractivity contribution in [2.75, 3.05) is 0 Å². The summed E-state index contributed by atoms with van der Waals surface area (Å²) in [6.45, 7) is 0. The maximum atomic E-state index is 10.7. The number of hydrogen-bond donors (Lipinski definition) is 3. The minimum absolute atomic E-state index is 0.161. The average molecular weight is 288 g/mol. The summed E-state index contributed by atoms with van der Waals surface area (Å²) in [4.78, 5) is 51.6. The van der Waals surface area contributed by atoms with Gasteiger partial charge in [-0.25, -0.2) is 24.0 Å². The maximum Gasteiger partial charge on any atom is 0.414 e. The fourth-order valence-electron chi connectivity index (χ4n) is 0.440. The van der Waals surface area contributed by atoms with Crippen LogP contribution in [0, 0.1) is 0 Å². The molecule has 3 N–H and O–H groups in total. The molecule has 10 nitrogen and oxygen atoms in total. The number of aromatic amines is 1. The van der Waals surface area contributed by atoms with Crippen LogP contribution >= 0.6 is 23.6 Å². The summed E-state index contributed by atoms with van der Waals surface area (Å²) in [7, 11) is 0. The molecule has 1 rings (SSSR count). The number of aliphatic carboxylic acids is 2. The maximum absolute atomic E-state index is 10.7. The predicted octanol–water partition coefficient (Wildman–Crippen LogP) is -2.14. The Kier molecular flexibility index (Phi) is 5.15. The van der Waals surface area contributed by atoms with Gasteiger partial charge in [0, 0.05) is 23.6 Å². The van der Waals surface area contributed by atoms with Crippen LogP contribution in [-0.2, 0) is 9.59 Å². The molecule has 0 fully saturated rings. The van der Waals surface area contributed by atoms with Gasteiger partial charge < -0.3 is 10.2 Å². The van der Waals surface area contributed by atoms with Crippen LogP contribution in [0.25, 0.3) is 0 Å². The van der Waals surface area contributed by atoms with E-state index in [9.17, 15) is 14.4 Å². The smallest absolute Gasteiger partial charge is 0.414 e. The number of halogens is 2. The van der Waals surface area contributed by atoms with Gasteiger partial charge in [-0.2, -0.15) is 0 Å². The van der Waals surface area contributed by atoms with Crippen molar-refractivity contribution < 1.29 is 19.8 Å². The van der Waals surface area contributed by atoms with Gasteiger partial charge in [-0.3, -0.25) is 4.98 Å². The molecule has 1 aromatic heterocycles. The van der Waals surface area contributed by atoms with Crippen LogP contribution in [0.15, 0.2) is 14.4 Å². The highest BCUT2D eigenvalue weighted by Crippen LogP contribution is 1.71. The van der Waals surface area contributed by atoms with Gasteiger partial charge >= 0.3 is 29.0 Å². The SMILES string of the molecule is O=C(O)C(=O)O.O=c1[nH]c(=O)n(Cl)c(=O)n1Cl. The van der Waals surface area contributed by atoms with Crippen LogP contribution in [0.5, 0.6) is 0 Å². The van der Waals surface area contributed by atoms with E-state index in [-0.39, 0.29) is 8.17 Å². The summed E-state index contributed by atoms with van der Waals surface area (Å²) in [5, 5.41) is 14.8. The number of carboxylic acids is 2. The van der Waals surface area contributed by atoms with Gasteiger partial charge in [0.15, 0.2) is 0 Å². The van der Waals surface area contributed by atoms with E-state index in [2.05, 4.69) is 0 Å². The minimum atomic E-state index is -1.82. The number of rotatable bonds is 0. The molecule has 0 bridgehead atoms. The Hall–Kier alpha value is -2.07. The molecular weight excluding hydrogens is 285 g/mol. The van der Waals surface area contributed by atoms with E-state index >= 15 is 0 Å². The third-order valence-electron chi connectivity index (χ3n) is 1.09. The molecule has 0 aromatic carbocycles. The van der Waals surface area contributed by atoms with Crippen LogP contribution in [0.3, 0.4) is 0 Å². The summed E-state index contributed by atoms with van der Waals surface area (Å²) in [6.07, 6.45) is 0. The molecule has 12 heteroatoms. The number of carbonyl (C=O) groups is 2. The lowest BCUT2D eigenvalue weighted by molar-refractivity contribution is -0.159. The number of carboxylic acid groups (broad SMARTS) is 2. The molecule has 0 aliphatic rings. The molecule has 1 heterocycles. The Morgan fingerprint density at radius 1 is 0.941 bits per heavy atom. The number of aromatic nitrogens is 3. The van der Waals surface area contributed by atoms with Gasteiger partial charge in [-0.1, -0.05) is 0 Å². The Bertz CT molecular complexity index is 562. The van der Waals surface area contributed by atoms with Gasteiger partial charge in [0.25, 0.3) is 0 Å². The van der Waals surface area contributed by atoms with Crippen LogP contribution in [0.1, 0.15) is 0 Å². The van der Waals surface area contributed by atoms with Crippen molar-refractivity contribution in [1.82, 2.24) is 13.2 Å². The van der Waals surface area contributed by atoms with E-state index in [1.54, 1.807) is 4.98 Å². The first-order valence-corrected chi connectivity index (χ1v) is 4.13. The third-order valence-corrected chi connectivity index (χ3v) is 1.69. The van der Waals surface area contributed by atoms with Crippen molar-refractivity contribution >= 4 is 35.5 Å². The Morgan fingerprint density at radius 2 is 1.24 bits per heavy atom. The second-order valence-electron chi connectivity index (χ2n) is 2.19. The normalized spacial score (nSPS) is 9.06. The van der Waals surface area contributed by atoms with E-state index in [0.717, 1.165) is 0 Å². The lowest BCUT2D eigenvalue weighted by Crippen LogP contribution is -2.43. The zero-order chi connectivity index (χ0) is 13.7. The van der Waals surface area contributed by atoms with Crippen molar-refractivity contribution in [1.29, 1.82) is 0 Å². The van der Waals surface area contributed by atoms with E-state index in [1.165, 1.54) is 0 Å². The molecule has 0 spiro atoms. The standard InChI is InChI=1S/C3HCl2N3O3.C2H2O4/c4-7-1(9)6-2(10)8(5)3(7)11;3-1(4)2(5)6/h(H,6,9,10);(H,3,4)(H,5,6). The Balaban J connectivity index is 0.000000366. The highest BCUT2D eigenvalue weighted by atomic mass is 35.5. The van der Waals surface area contributed by atoms with Crippen LogP contribution in [0.2, 0.25) is 0 Å². The first-order chi connectivity index (χ1) is 7.68. The third kappa shape index (κ3) is 4.12. The number of hydrogen-bond acceptors (Lipinski definition) is 5. The summed E-state index contributed by atoms with van der Waals surface area (Å²) >= 11 is 10.1. The summed E-state index contributed by atoms with van der Waals surface area (Å²) in [5.74, 6) is -3.65. The highest BCUT2D eigenvalue weighted by Gasteiger charge is 2.04. The first-order valence-electron chi connectivity index (χ1n) is 3.45. The number of nitrogens with zero attached hydrogens (tertiary/aromatic N) is 2. The van der Waals surface area contributed by atoms with Gasteiger partial charge in [0.1, 0.15) is 0 Å². The molecule has 0 aliphatic heterocycles. The molecule has 0 saturated heterocycles. The topological polar surface area (TPSA) is 151 Å². The lowest BCUT2D eigenvalue weighted by Gasteiger charge is -1.91. The monoisotopic (exact) mass is 287 g/mol. The van der Waals surface area contributed by atoms with Crippen molar-refractivity contribution in [3.8, 4) is 0 Å². The average Bonchev–Trinajstić information content (AvgIpc) is 2.24. The minimum Gasteiger partial charge on any atom is -0.473 e. The van der Waals surface area contributed by atoms with E-state index in [1.807, 2.05) is 0 Å². The molecule has 0 radical (unpaired) electrons. The highest BCUT2D eigenvalue weighted by molar-refractivity contribution is 6.27. The largest absolute Gasteiger partial charge is 0.473 e. The Labute approximate surface area is 100 Å². The van der Waals surface area contributed by atoms with Gasteiger partial charge in [-0.15, -0.1) is 8.17 Å². The Morgan fingerprint density at radius 3 is 1.47 bits per heavy atom. The lowest BCUT2D eigenvalue weighted by atomic mass is 10.7. The molecule has 94 valence electrons. The quantitative estimate of drug-likeness (QED) is 0.460. The molecule has 0 unspecified atom stereocenters. The molecule has 0 atom stereocenters. The van der Waals surface area contributed by atoms with Gasteiger partial charge in [0.05, 0.1) is 0 Å². The zero-order valence-electron chi connectivity index (χ0n) is 7.59. The van der Waals surface area contributed by atoms with Crippen molar-refractivity contribution in [3.05, 3.63) is 31.5 Å². The number of H-pyrrole nitrogens is 1. The second kappa shape index (κ2) is 5.86. The molecular formula is C5H3Cl2N3O7. The summed E-state index contributed by atoms with van der Waals surface area (Å²) < 4.78 is 0.322. The summed E-state index contributed by atoms with van der Waals surface area (Å²) in [6, 6.07) is 0. The summed E-state index contributed by atoms with van der Waals surface area (Å²) in [5.41, 5.74) is -3.13. The molecule has 0 amide bonds.